The van der Waals surface area contributed by atoms with E-state index in [0.29, 0.717) is 5.82 Å². The summed E-state index contributed by atoms with van der Waals surface area (Å²) in [5.74, 6) is 0.576. The number of halogens is 3. The van der Waals surface area contributed by atoms with Crippen LogP contribution in [0.2, 0.25) is 0 Å². The summed E-state index contributed by atoms with van der Waals surface area (Å²) in [7, 11) is 0. The number of anilines is 1. The Morgan fingerprint density at radius 1 is 1.19 bits per heavy atom. The summed E-state index contributed by atoms with van der Waals surface area (Å²) < 4.78 is 40.7. The molecule has 3 aromatic rings. The minimum absolute atomic E-state index is 0.203. The second-order valence-corrected chi connectivity index (χ2v) is 7.34. The fourth-order valence-electron chi connectivity index (χ4n) is 2.90. The average molecular weight is 379 g/mol. The van der Waals surface area contributed by atoms with Crippen LogP contribution < -0.4 is 5.32 Å². The van der Waals surface area contributed by atoms with E-state index in [1.54, 1.807) is 24.3 Å². The molecule has 0 spiro atoms. The summed E-state index contributed by atoms with van der Waals surface area (Å²) in [4.78, 5) is 9.77. The van der Waals surface area contributed by atoms with Gasteiger partial charge in [0.2, 0.25) is 0 Å². The first-order chi connectivity index (χ1) is 12.4. The van der Waals surface area contributed by atoms with Gasteiger partial charge in [-0.2, -0.15) is 13.2 Å². The molecular weight excluding hydrogens is 359 g/mol. The largest absolute Gasteiger partial charge is 0.416 e. The first-order valence-electron chi connectivity index (χ1n) is 8.56. The molecule has 0 radical (unpaired) electrons. The molecule has 3 nitrogen and oxygen atoms in total. The van der Waals surface area contributed by atoms with Crippen molar-refractivity contribution in [1.29, 1.82) is 0 Å². The quantitative estimate of drug-likeness (QED) is 0.552. The number of hydrogen-bond acceptors (Lipinski definition) is 4. The average Bonchev–Trinajstić information content (AvgIpc) is 3.03. The maximum atomic E-state index is 13.3. The topological polar surface area (TPSA) is 37.8 Å². The van der Waals surface area contributed by atoms with Gasteiger partial charge in [-0.3, -0.25) is 0 Å². The fourth-order valence-corrected chi connectivity index (χ4v) is 4.00. The third kappa shape index (κ3) is 3.98. The van der Waals surface area contributed by atoms with Gasteiger partial charge in [0, 0.05) is 4.88 Å². The van der Waals surface area contributed by atoms with E-state index < -0.39 is 17.8 Å². The van der Waals surface area contributed by atoms with E-state index in [1.807, 2.05) is 6.07 Å². The molecule has 0 amide bonds. The summed E-state index contributed by atoms with van der Waals surface area (Å²) in [5, 5.41) is 3.14. The maximum absolute atomic E-state index is 13.3. The summed E-state index contributed by atoms with van der Waals surface area (Å²) in [6.45, 7) is 3.85. The van der Waals surface area contributed by atoms with Crippen molar-refractivity contribution in [3.63, 3.8) is 0 Å². The number of thiophene rings is 1. The number of fused-ring (bicyclic) bond motifs is 1. The van der Waals surface area contributed by atoms with E-state index in [9.17, 15) is 13.2 Å². The van der Waals surface area contributed by atoms with Gasteiger partial charge in [-0.15, -0.1) is 11.3 Å². The first-order valence-corrected chi connectivity index (χ1v) is 9.38. The van der Waals surface area contributed by atoms with E-state index in [-0.39, 0.29) is 5.56 Å². The zero-order valence-electron chi connectivity index (χ0n) is 14.6. The van der Waals surface area contributed by atoms with Crippen LogP contribution in [0.1, 0.15) is 48.7 Å². The van der Waals surface area contributed by atoms with Crippen molar-refractivity contribution in [3.05, 3.63) is 52.7 Å². The Kier molecular flexibility index (Phi) is 5.46. The Bertz CT molecular complexity index is 889. The summed E-state index contributed by atoms with van der Waals surface area (Å²) in [6, 6.07) is 7.13. The van der Waals surface area contributed by atoms with Gasteiger partial charge >= 0.3 is 6.18 Å². The van der Waals surface area contributed by atoms with Gasteiger partial charge in [-0.1, -0.05) is 31.5 Å². The van der Waals surface area contributed by atoms with Crippen LogP contribution in [0.4, 0.5) is 19.0 Å². The number of nitrogens with zero attached hydrogens (tertiary/aromatic N) is 2. The van der Waals surface area contributed by atoms with E-state index in [0.717, 1.165) is 35.5 Å². The van der Waals surface area contributed by atoms with Crippen molar-refractivity contribution in [2.75, 3.05) is 5.32 Å². The lowest BCUT2D eigenvalue weighted by Gasteiger charge is -2.20. The SMILES string of the molecule is CCCCc1cc2ncnc(N[C@H](C)c3ccccc3C(F)(F)F)c2s1. The number of unbranched alkanes of at least 4 members (excludes halogenated alkanes) is 1. The van der Waals surface area contributed by atoms with Crippen molar-refractivity contribution in [2.24, 2.45) is 0 Å². The highest BCUT2D eigenvalue weighted by Gasteiger charge is 2.34. The molecule has 7 heteroatoms. The molecule has 1 atom stereocenters. The number of benzene rings is 1. The number of aromatic nitrogens is 2. The van der Waals surface area contributed by atoms with E-state index >= 15 is 0 Å². The molecule has 1 aromatic carbocycles. The second-order valence-electron chi connectivity index (χ2n) is 6.20. The van der Waals surface area contributed by atoms with Crippen molar-refractivity contribution in [1.82, 2.24) is 9.97 Å². The van der Waals surface area contributed by atoms with Gasteiger partial charge in [-0.05, 0) is 37.5 Å². The fraction of sp³-hybridized carbons (Fsp3) is 0.368. The van der Waals surface area contributed by atoms with E-state index in [2.05, 4.69) is 22.2 Å². The highest BCUT2D eigenvalue weighted by Crippen LogP contribution is 2.37. The lowest BCUT2D eigenvalue weighted by atomic mass is 10.0. The predicted octanol–water partition coefficient (Wildman–Crippen LogP) is 6.23. The predicted molar refractivity (Wildman–Crippen MR) is 99.5 cm³/mol. The number of aryl methyl sites for hydroxylation is 1. The lowest BCUT2D eigenvalue weighted by Crippen LogP contribution is -2.15. The molecule has 0 unspecified atom stereocenters. The summed E-state index contributed by atoms with van der Waals surface area (Å²) >= 11 is 1.60. The van der Waals surface area contributed by atoms with Crippen molar-refractivity contribution >= 4 is 27.4 Å². The Morgan fingerprint density at radius 2 is 1.96 bits per heavy atom. The van der Waals surface area contributed by atoms with Crippen LogP contribution in [0.25, 0.3) is 10.2 Å². The minimum atomic E-state index is -4.39. The Balaban J connectivity index is 1.91. The molecular formula is C19H20F3N3S. The zero-order chi connectivity index (χ0) is 18.7. The number of rotatable bonds is 6. The van der Waals surface area contributed by atoms with Crippen molar-refractivity contribution < 1.29 is 13.2 Å². The second kappa shape index (κ2) is 7.61. The monoisotopic (exact) mass is 379 g/mol. The van der Waals surface area contributed by atoms with E-state index in [1.165, 1.54) is 23.3 Å². The Morgan fingerprint density at radius 3 is 2.69 bits per heavy atom. The van der Waals surface area contributed by atoms with Crippen LogP contribution in [-0.4, -0.2) is 9.97 Å². The molecule has 0 aliphatic heterocycles. The van der Waals surface area contributed by atoms with Crippen LogP contribution in [0.15, 0.2) is 36.7 Å². The van der Waals surface area contributed by atoms with Crippen LogP contribution in [0.5, 0.6) is 0 Å². The third-order valence-electron chi connectivity index (χ3n) is 4.22. The number of alkyl halides is 3. The summed E-state index contributed by atoms with van der Waals surface area (Å²) in [6.07, 6.45) is 0.241. The molecule has 0 fully saturated rings. The zero-order valence-corrected chi connectivity index (χ0v) is 15.4. The Hall–Kier alpha value is -2.15. The molecule has 1 N–H and O–H groups in total. The normalized spacial score (nSPS) is 13.1. The molecule has 3 rings (SSSR count). The molecule has 138 valence electrons. The lowest BCUT2D eigenvalue weighted by molar-refractivity contribution is -0.138. The molecule has 2 aromatic heterocycles. The number of hydrogen-bond donors (Lipinski definition) is 1. The molecule has 26 heavy (non-hydrogen) atoms. The molecule has 0 aliphatic carbocycles. The van der Waals surface area contributed by atoms with Crippen LogP contribution >= 0.6 is 11.3 Å². The van der Waals surface area contributed by atoms with Crippen LogP contribution in [-0.2, 0) is 12.6 Å². The molecule has 0 saturated heterocycles. The maximum Gasteiger partial charge on any atom is 0.416 e. The van der Waals surface area contributed by atoms with Gasteiger partial charge in [0.15, 0.2) is 0 Å². The van der Waals surface area contributed by atoms with Crippen molar-refractivity contribution in [3.8, 4) is 0 Å². The number of nitrogens with one attached hydrogen (secondary N) is 1. The van der Waals surface area contributed by atoms with Gasteiger partial charge < -0.3 is 5.32 Å². The minimum Gasteiger partial charge on any atom is -0.362 e. The van der Waals surface area contributed by atoms with Gasteiger partial charge in [0.25, 0.3) is 0 Å². The van der Waals surface area contributed by atoms with Gasteiger partial charge in [0.1, 0.15) is 12.1 Å². The first kappa shape index (κ1) is 18.6. The highest BCUT2D eigenvalue weighted by molar-refractivity contribution is 7.19. The molecule has 0 saturated carbocycles. The molecule has 0 aliphatic rings. The third-order valence-corrected chi connectivity index (χ3v) is 5.42. The van der Waals surface area contributed by atoms with Crippen molar-refractivity contribution in [2.45, 2.75) is 45.3 Å². The smallest absolute Gasteiger partial charge is 0.362 e. The van der Waals surface area contributed by atoms with Crippen LogP contribution in [0.3, 0.4) is 0 Å². The highest BCUT2D eigenvalue weighted by atomic mass is 32.1. The van der Waals surface area contributed by atoms with Gasteiger partial charge in [0.05, 0.1) is 21.8 Å². The van der Waals surface area contributed by atoms with E-state index in [4.69, 9.17) is 0 Å². The molecule has 0 bridgehead atoms. The molecule has 2 heterocycles. The standard InChI is InChI=1S/C19H20F3N3S/c1-3-4-7-13-10-16-17(26-13)18(24-11-23-16)25-12(2)14-8-5-6-9-15(14)19(20,21)22/h5-6,8-12H,3-4,7H2,1-2H3,(H,23,24,25)/t12-/m1/s1. The van der Waals surface area contributed by atoms with Crippen LogP contribution in [0, 0.1) is 0 Å². The summed E-state index contributed by atoms with van der Waals surface area (Å²) in [5.41, 5.74) is 0.407. The Labute approximate surface area is 154 Å². The van der Waals surface area contributed by atoms with Gasteiger partial charge in [-0.25, -0.2) is 9.97 Å².